The van der Waals surface area contributed by atoms with Crippen LogP contribution >= 0.6 is 0 Å². The molecule has 68 valence electrons. The lowest BCUT2D eigenvalue weighted by Gasteiger charge is -1.99. The summed E-state index contributed by atoms with van der Waals surface area (Å²) in [6, 6.07) is 0. The van der Waals surface area contributed by atoms with Gasteiger partial charge >= 0.3 is 0 Å². The van der Waals surface area contributed by atoms with Gasteiger partial charge in [-0.15, -0.1) is 0 Å². The molecule has 0 aromatic rings. The van der Waals surface area contributed by atoms with Gasteiger partial charge < -0.3 is 0 Å². The average Bonchev–Trinajstić information content (AvgIpc) is 1.84. The molecule has 0 aliphatic carbocycles. The van der Waals surface area contributed by atoms with Crippen LogP contribution in [0.25, 0.3) is 0 Å². The minimum Gasteiger partial charge on any atom is -0.291 e. The van der Waals surface area contributed by atoms with Gasteiger partial charge in [-0.1, -0.05) is 19.4 Å². The van der Waals surface area contributed by atoms with E-state index in [1.54, 1.807) is 13.8 Å². The van der Waals surface area contributed by atoms with Crippen LogP contribution in [0.2, 0.25) is 0 Å². The zero-order valence-electron chi connectivity index (χ0n) is 8.18. The molecule has 0 aliphatic rings. The fraction of sp³-hybridized carbons (Fsp3) is 0.600. The molecule has 0 aliphatic heterocycles. The maximum Gasteiger partial charge on any atom is 0.221 e. The lowest BCUT2D eigenvalue weighted by Crippen LogP contribution is -2.13. The van der Waals surface area contributed by atoms with Gasteiger partial charge in [0.15, 0.2) is 0 Å². The number of ketones is 2. The lowest BCUT2D eigenvalue weighted by atomic mass is 10.0. The van der Waals surface area contributed by atoms with Crippen molar-refractivity contribution >= 4 is 11.6 Å². The first-order chi connectivity index (χ1) is 5.43. The summed E-state index contributed by atoms with van der Waals surface area (Å²) in [7, 11) is 0. The highest BCUT2D eigenvalue weighted by molar-refractivity contribution is 6.41. The highest BCUT2D eigenvalue weighted by Gasteiger charge is 2.11. The van der Waals surface area contributed by atoms with Gasteiger partial charge in [-0.3, -0.25) is 9.59 Å². The van der Waals surface area contributed by atoms with Gasteiger partial charge in [-0.25, -0.2) is 0 Å². The molecule has 0 N–H and O–H groups in total. The molecule has 0 bridgehead atoms. The van der Waals surface area contributed by atoms with Crippen molar-refractivity contribution in [1.29, 1.82) is 0 Å². The summed E-state index contributed by atoms with van der Waals surface area (Å²) in [5.74, 6) is -0.401. The summed E-state index contributed by atoms with van der Waals surface area (Å²) in [5.41, 5.74) is 0.872. The van der Waals surface area contributed by atoms with Crippen molar-refractivity contribution < 1.29 is 9.59 Å². The molecule has 2 nitrogen and oxygen atoms in total. The predicted octanol–water partition coefficient (Wildman–Crippen LogP) is 2.14. The van der Waals surface area contributed by atoms with Crippen LogP contribution in [-0.4, -0.2) is 11.6 Å². The second kappa shape index (κ2) is 4.86. The molecule has 0 spiro atoms. The maximum absolute atomic E-state index is 11.1. The van der Waals surface area contributed by atoms with E-state index in [2.05, 4.69) is 0 Å². The molecular formula is C10H16O2. The maximum atomic E-state index is 11.1. The number of hydrogen-bond acceptors (Lipinski definition) is 2. The first-order valence-corrected chi connectivity index (χ1v) is 4.15. The smallest absolute Gasteiger partial charge is 0.221 e. The highest BCUT2D eigenvalue weighted by Crippen LogP contribution is 2.02. The van der Waals surface area contributed by atoms with Gasteiger partial charge in [0.05, 0.1) is 0 Å². The summed E-state index contributed by atoms with van der Waals surface area (Å²) in [5, 5.41) is 0. The monoisotopic (exact) mass is 168 g/mol. The molecule has 0 saturated carbocycles. The molecule has 0 radical (unpaired) electrons. The number of Topliss-reactive ketones (excluding diaryl/α,β-unsaturated/α-hetero) is 1. The van der Waals surface area contributed by atoms with E-state index in [-0.39, 0.29) is 17.5 Å². The zero-order valence-corrected chi connectivity index (χ0v) is 8.18. The molecule has 2 heteroatoms. The summed E-state index contributed by atoms with van der Waals surface area (Å²) in [6.07, 6.45) is 1.74. The van der Waals surface area contributed by atoms with Gasteiger partial charge in [-0.2, -0.15) is 0 Å². The largest absolute Gasteiger partial charge is 0.291 e. The Hall–Kier alpha value is -0.920. The zero-order chi connectivity index (χ0) is 9.72. The highest BCUT2D eigenvalue weighted by atomic mass is 16.2. The Morgan fingerprint density at radius 1 is 1.25 bits per heavy atom. The second-order valence-electron chi connectivity index (χ2n) is 3.61. The molecule has 0 rings (SSSR count). The van der Waals surface area contributed by atoms with Crippen molar-refractivity contribution in [2.75, 3.05) is 0 Å². The fourth-order valence-corrected chi connectivity index (χ4v) is 0.814. The number of allylic oxidation sites excluding steroid dienone is 2. The van der Waals surface area contributed by atoms with Gasteiger partial charge in [0, 0.05) is 6.42 Å². The topological polar surface area (TPSA) is 34.1 Å². The second-order valence-corrected chi connectivity index (χ2v) is 3.61. The summed E-state index contributed by atoms with van der Waals surface area (Å²) >= 11 is 0. The molecule has 0 amide bonds. The quantitative estimate of drug-likeness (QED) is 0.476. The molecule has 12 heavy (non-hydrogen) atoms. The molecule has 0 aromatic heterocycles. The third kappa shape index (κ3) is 4.83. The van der Waals surface area contributed by atoms with Crippen molar-refractivity contribution in [3.8, 4) is 0 Å². The third-order valence-corrected chi connectivity index (χ3v) is 1.29. The van der Waals surface area contributed by atoms with Crippen LogP contribution in [0.5, 0.6) is 0 Å². The van der Waals surface area contributed by atoms with Gasteiger partial charge in [-0.05, 0) is 25.8 Å². The molecule has 0 fully saturated rings. The molecule has 0 aromatic carbocycles. The van der Waals surface area contributed by atoms with Crippen molar-refractivity contribution in [2.24, 2.45) is 5.92 Å². The van der Waals surface area contributed by atoms with E-state index in [0.29, 0.717) is 6.42 Å². The van der Waals surface area contributed by atoms with E-state index >= 15 is 0 Å². The number of carbonyl (C=O) groups is 2. The van der Waals surface area contributed by atoms with E-state index in [1.807, 2.05) is 13.8 Å². The molecule has 0 unspecified atom stereocenters. The van der Waals surface area contributed by atoms with Crippen LogP contribution < -0.4 is 0 Å². The van der Waals surface area contributed by atoms with Gasteiger partial charge in [0.25, 0.3) is 0 Å². The summed E-state index contributed by atoms with van der Waals surface area (Å²) < 4.78 is 0. The van der Waals surface area contributed by atoms with E-state index < -0.39 is 0 Å². The Morgan fingerprint density at radius 2 is 1.75 bits per heavy atom. The van der Waals surface area contributed by atoms with Crippen LogP contribution in [0, 0.1) is 5.92 Å². The minimum absolute atomic E-state index is 0.256. The SMILES string of the molecule is CC(C)=CC(=O)C(=O)CC(C)C. The van der Waals surface area contributed by atoms with E-state index in [1.165, 1.54) is 6.08 Å². The average molecular weight is 168 g/mol. The lowest BCUT2D eigenvalue weighted by molar-refractivity contribution is -0.134. The van der Waals surface area contributed by atoms with Crippen molar-refractivity contribution in [3.05, 3.63) is 11.6 Å². The minimum atomic E-state index is -0.372. The Labute approximate surface area is 73.7 Å². The van der Waals surface area contributed by atoms with Crippen LogP contribution in [0.4, 0.5) is 0 Å². The Balaban J connectivity index is 4.13. The fourth-order valence-electron chi connectivity index (χ4n) is 0.814. The molecule has 0 saturated heterocycles. The normalized spacial score (nSPS) is 9.75. The summed E-state index contributed by atoms with van der Waals surface area (Å²) in [4.78, 5) is 22.2. The Kier molecular flexibility index (Phi) is 4.49. The van der Waals surface area contributed by atoms with E-state index in [4.69, 9.17) is 0 Å². The number of rotatable bonds is 4. The Morgan fingerprint density at radius 3 is 2.08 bits per heavy atom. The first-order valence-electron chi connectivity index (χ1n) is 4.15. The van der Waals surface area contributed by atoms with Crippen molar-refractivity contribution in [3.63, 3.8) is 0 Å². The number of hydrogen-bond donors (Lipinski definition) is 0. The standard InChI is InChI=1S/C10H16O2/c1-7(2)5-9(11)10(12)6-8(3)4/h5,8H,6H2,1-4H3. The number of carbonyl (C=O) groups excluding carboxylic acids is 2. The molecular weight excluding hydrogens is 152 g/mol. The molecule has 0 atom stereocenters. The van der Waals surface area contributed by atoms with E-state index in [0.717, 1.165) is 5.57 Å². The van der Waals surface area contributed by atoms with Crippen molar-refractivity contribution in [2.45, 2.75) is 34.1 Å². The van der Waals surface area contributed by atoms with E-state index in [9.17, 15) is 9.59 Å². The van der Waals surface area contributed by atoms with Gasteiger partial charge in [0.1, 0.15) is 0 Å². The van der Waals surface area contributed by atoms with Crippen LogP contribution in [-0.2, 0) is 9.59 Å². The molecule has 0 heterocycles. The first kappa shape index (κ1) is 11.1. The van der Waals surface area contributed by atoms with Crippen LogP contribution in [0.1, 0.15) is 34.1 Å². The van der Waals surface area contributed by atoms with Crippen molar-refractivity contribution in [1.82, 2.24) is 0 Å². The Bertz CT molecular complexity index is 208. The predicted molar refractivity (Wildman–Crippen MR) is 48.9 cm³/mol. The summed E-state index contributed by atoms with van der Waals surface area (Å²) in [6.45, 7) is 7.46. The third-order valence-electron chi connectivity index (χ3n) is 1.29. The van der Waals surface area contributed by atoms with Crippen LogP contribution in [0.15, 0.2) is 11.6 Å². The van der Waals surface area contributed by atoms with Crippen LogP contribution in [0.3, 0.4) is 0 Å². The van der Waals surface area contributed by atoms with Gasteiger partial charge in [0.2, 0.25) is 11.6 Å².